The van der Waals surface area contributed by atoms with E-state index in [4.69, 9.17) is 0 Å². The van der Waals surface area contributed by atoms with Gasteiger partial charge in [0.15, 0.2) is 9.84 Å². The van der Waals surface area contributed by atoms with Gasteiger partial charge in [-0.15, -0.1) is 0 Å². The molecule has 2 aliphatic rings. The Hall–Kier alpha value is -1.93. The van der Waals surface area contributed by atoms with E-state index in [0.29, 0.717) is 44.0 Å². The fourth-order valence-corrected chi connectivity index (χ4v) is 5.55. The maximum absolute atomic E-state index is 12.5. The van der Waals surface area contributed by atoms with Crippen LogP contribution in [-0.4, -0.2) is 74.0 Å². The molecule has 0 bridgehead atoms. The molecule has 2 aliphatic heterocycles. The maximum Gasteiger partial charge on any atom is 0.219 e. The third-order valence-electron chi connectivity index (χ3n) is 5.70. The molecule has 7 nitrogen and oxygen atoms in total. The topological polar surface area (TPSA) is 86.8 Å². The van der Waals surface area contributed by atoms with Crippen molar-refractivity contribution in [1.29, 1.82) is 0 Å². The van der Waals surface area contributed by atoms with Crippen molar-refractivity contribution in [3.05, 3.63) is 30.3 Å². The molecule has 148 valence electrons. The highest BCUT2D eigenvalue weighted by Crippen LogP contribution is 2.35. The second-order valence-corrected chi connectivity index (χ2v) is 9.73. The van der Waals surface area contributed by atoms with Crippen molar-refractivity contribution < 1.29 is 18.0 Å². The van der Waals surface area contributed by atoms with E-state index in [-0.39, 0.29) is 23.5 Å². The molecule has 1 aromatic carbocycles. The molecule has 3 rings (SSSR count). The molecule has 1 N–H and O–H groups in total. The van der Waals surface area contributed by atoms with E-state index >= 15 is 0 Å². The molecule has 0 saturated carbocycles. The van der Waals surface area contributed by atoms with Gasteiger partial charge in [0, 0.05) is 52.5 Å². The molecule has 0 aromatic heterocycles. The van der Waals surface area contributed by atoms with Gasteiger partial charge in [0.2, 0.25) is 11.8 Å². The summed E-state index contributed by atoms with van der Waals surface area (Å²) in [5, 5.41) is 3.08. The summed E-state index contributed by atoms with van der Waals surface area (Å²) in [6.07, 6.45) is 0.715. The van der Waals surface area contributed by atoms with Gasteiger partial charge >= 0.3 is 0 Å². The second kappa shape index (κ2) is 7.59. The van der Waals surface area contributed by atoms with Crippen molar-refractivity contribution in [2.45, 2.75) is 30.7 Å². The van der Waals surface area contributed by atoms with Gasteiger partial charge in [-0.05, 0) is 18.6 Å². The lowest BCUT2D eigenvalue weighted by atomic mass is 9.80. The number of hydrogen-bond acceptors (Lipinski definition) is 5. The Morgan fingerprint density at radius 2 is 1.89 bits per heavy atom. The van der Waals surface area contributed by atoms with Gasteiger partial charge in [-0.25, -0.2) is 8.42 Å². The summed E-state index contributed by atoms with van der Waals surface area (Å²) >= 11 is 0. The van der Waals surface area contributed by atoms with E-state index in [9.17, 15) is 18.0 Å². The minimum absolute atomic E-state index is 0.00679. The van der Waals surface area contributed by atoms with Crippen molar-refractivity contribution in [1.82, 2.24) is 15.1 Å². The Kier molecular flexibility index (Phi) is 5.58. The molecule has 8 heteroatoms. The van der Waals surface area contributed by atoms with Gasteiger partial charge in [0.25, 0.3) is 0 Å². The molecule has 0 spiro atoms. The number of amides is 2. The number of carbonyl (C=O) groups is 2. The lowest BCUT2D eigenvalue weighted by Gasteiger charge is -2.43. The molecule has 2 fully saturated rings. The van der Waals surface area contributed by atoms with Crippen LogP contribution in [0.3, 0.4) is 0 Å². The van der Waals surface area contributed by atoms with Gasteiger partial charge in [-0.1, -0.05) is 18.2 Å². The zero-order valence-electron chi connectivity index (χ0n) is 15.8. The number of benzene rings is 1. The first-order chi connectivity index (χ1) is 12.7. The van der Waals surface area contributed by atoms with Crippen LogP contribution in [0.1, 0.15) is 20.3 Å². The summed E-state index contributed by atoms with van der Waals surface area (Å²) in [5.74, 6) is 0.0872. The van der Waals surface area contributed by atoms with Crippen molar-refractivity contribution in [2.75, 3.05) is 38.5 Å². The molecule has 2 atom stereocenters. The molecular weight excluding hydrogens is 366 g/mol. The molecule has 0 aliphatic carbocycles. The molecule has 2 heterocycles. The number of likely N-dealkylation sites (tertiary alicyclic amines) is 2. The SMILES string of the molecule is CC(=O)N[C@@]12CCN(CCS(=O)(=O)c3ccccc3)C[C@@H]1CN(C(C)=O)C2. The van der Waals surface area contributed by atoms with Crippen molar-refractivity contribution >= 4 is 21.7 Å². The number of sulfone groups is 1. The van der Waals surface area contributed by atoms with Crippen LogP contribution in [-0.2, 0) is 19.4 Å². The highest BCUT2D eigenvalue weighted by Gasteiger charge is 2.50. The zero-order valence-corrected chi connectivity index (χ0v) is 16.7. The predicted molar refractivity (Wildman–Crippen MR) is 102 cm³/mol. The number of hydrogen-bond donors (Lipinski definition) is 1. The first-order valence-electron chi connectivity index (χ1n) is 9.26. The number of fused-ring (bicyclic) bond motifs is 1. The smallest absolute Gasteiger partial charge is 0.219 e. The Labute approximate surface area is 160 Å². The Balaban J connectivity index is 1.66. The van der Waals surface area contributed by atoms with E-state index in [0.717, 1.165) is 0 Å². The predicted octanol–water partition coefficient (Wildman–Crippen LogP) is 0.519. The molecule has 2 saturated heterocycles. The minimum atomic E-state index is -3.32. The molecule has 0 radical (unpaired) electrons. The standard InChI is InChI=1S/C19H27N3O4S/c1-15(23)20-19-8-9-21(12-17(19)13-22(14-19)16(2)24)10-11-27(25,26)18-6-4-3-5-7-18/h3-7,17H,8-14H2,1-2H3,(H,20,23)/t17-,19-/m1/s1. The van der Waals surface area contributed by atoms with Crippen LogP contribution >= 0.6 is 0 Å². The third-order valence-corrected chi connectivity index (χ3v) is 7.41. The summed E-state index contributed by atoms with van der Waals surface area (Å²) in [4.78, 5) is 27.8. The van der Waals surface area contributed by atoms with E-state index < -0.39 is 15.4 Å². The van der Waals surface area contributed by atoms with E-state index in [1.807, 2.05) is 0 Å². The average Bonchev–Trinajstić information content (AvgIpc) is 2.99. The summed E-state index contributed by atoms with van der Waals surface area (Å²) in [7, 11) is -3.32. The first-order valence-corrected chi connectivity index (χ1v) is 10.9. The lowest BCUT2D eigenvalue weighted by Crippen LogP contribution is -2.61. The van der Waals surface area contributed by atoms with E-state index in [1.165, 1.54) is 6.92 Å². The van der Waals surface area contributed by atoms with Gasteiger partial charge in [-0.2, -0.15) is 0 Å². The number of carbonyl (C=O) groups excluding carboxylic acids is 2. The van der Waals surface area contributed by atoms with Gasteiger partial charge in [0.05, 0.1) is 16.2 Å². The number of piperidine rings is 1. The highest BCUT2D eigenvalue weighted by molar-refractivity contribution is 7.91. The Morgan fingerprint density at radius 1 is 1.19 bits per heavy atom. The van der Waals surface area contributed by atoms with Crippen LogP contribution < -0.4 is 5.32 Å². The van der Waals surface area contributed by atoms with Crippen molar-refractivity contribution in [3.8, 4) is 0 Å². The van der Waals surface area contributed by atoms with Gasteiger partial charge in [0.1, 0.15) is 0 Å². The second-order valence-electron chi connectivity index (χ2n) is 7.62. The molecule has 2 amide bonds. The van der Waals surface area contributed by atoms with Crippen LogP contribution in [0, 0.1) is 5.92 Å². The molecule has 27 heavy (non-hydrogen) atoms. The fraction of sp³-hybridized carbons (Fsp3) is 0.579. The largest absolute Gasteiger partial charge is 0.349 e. The summed E-state index contributed by atoms with van der Waals surface area (Å²) in [6.45, 7) is 6.00. The Bertz CT molecular complexity index is 812. The average molecular weight is 394 g/mol. The summed E-state index contributed by atoms with van der Waals surface area (Å²) < 4.78 is 25.0. The Morgan fingerprint density at radius 3 is 2.52 bits per heavy atom. The van der Waals surface area contributed by atoms with E-state index in [2.05, 4.69) is 10.2 Å². The number of rotatable bonds is 5. The van der Waals surface area contributed by atoms with Crippen molar-refractivity contribution in [3.63, 3.8) is 0 Å². The summed E-state index contributed by atoms with van der Waals surface area (Å²) in [6, 6.07) is 8.49. The molecule has 1 aromatic rings. The van der Waals surface area contributed by atoms with Crippen LogP contribution in [0.5, 0.6) is 0 Å². The molecular formula is C19H27N3O4S. The highest BCUT2D eigenvalue weighted by atomic mass is 32.2. The number of nitrogens with one attached hydrogen (secondary N) is 1. The summed E-state index contributed by atoms with van der Waals surface area (Å²) in [5.41, 5.74) is -0.397. The maximum atomic E-state index is 12.5. The number of nitrogens with zero attached hydrogens (tertiary/aromatic N) is 2. The van der Waals surface area contributed by atoms with Crippen LogP contribution in [0.25, 0.3) is 0 Å². The lowest BCUT2D eigenvalue weighted by molar-refractivity contribution is -0.128. The van der Waals surface area contributed by atoms with Gasteiger partial charge in [-0.3, -0.25) is 9.59 Å². The quantitative estimate of drug-likeness (QED) is 0.788. The first kappa shape index (κ1) is 19.8. The zero-order chi connectivity index (χ0) is 19.7. The van der Waals surface area contributed by atoms with E-state index in [1.54, 1.807) is 42.2 Å². The fourth-order valence-electron chi connectivity index (χ4n) is 4.24. The third kappa shape index (κ3) is 4.32. The van der Waals surface area contributed by atoms with Crippen LogP contribution in [0.15, 0.2) is 35.2 Å². The van der Waals surface area contributed by atoms with Crippen molar-refractivity contribution in [2.24, 2.45) is 5.92 Å². The van der Waals surface area contributed by atoms with Crippen LogP contribution in [0.4, 0.5) is 0 Å². The van der Waals surface area contributed by atoms with Crippen LogP contribution in [0.2, 0.25) is 0 Å². The normalized spacial score (nSPS) is 25.9. The minimum Gasteiger partial charge on any atom is -0.349 e. The molecule has 0 unspecified atom stereocenters. The van der Waals surface area contributed by atoms with Gasteiger partial charge < -0.3 is 15.1 Å². The monoisotopic (exact) mass is 393 g/mol.